The van der Waals surface area contributed by atoms with Crippen LogP contribution < -0.4 is 0 Å². The van der Waals surface area contributed by atoms with Crippen LogP contribution in [0.4, 0.5) is 0 Å². The summed E-state index contributed by atoms with van der Waals surface area (Å²) in [4.78, 5) is 6.40. The first-order chi connectivity index (χ1) is 5.36. The maximum atomic E-state index is 4.28. The first-order valence-corrected chi connectivity index (χ1v) is 3.68. The second-order valence-corrected chi connectivity index (χ2v) is 2.77. The lowest BCUT2D eigenvalue weighted by atomic mass is 10.1. The predicted octanol–water partition coefficient (Wildman–Crippen LogP) is 1.50. The molecule has 0 bridgehead atoms. The summed E-state index contributed by atoms with van der Waals surface area (Å²) in [6.07, 6.45) is 6.00. The fraction of sp³-hybridized carbons (Fsp3) is 0.222. The molecule has 0 fully saturated rings. The van der Waals surface area contributed by atoms with Crippen LogP contribution in [0, 0.1) is 0 Å². The minimum absolute atomic E-state index is 0.923. The highest BCUT2D eigenvalue weighted by molar-refractivity contribution is 5.53. The van der Waals surface area contributed by atoms with Crippen molar-refractivity contribution >= 4 is 6.08 Å². The lowest BCUT2D eigenvalue weighted by Crippen LogP contribution is -2.15. The maximum absolute atomic E-state index is 4.28. The average Bonchev–Trinajstić information content (AvgIpc) is 2.04. The fourth-order valence-corrected chi connectivity index (χ4v) is 1.23. The zero-order valence-corrected chi connectivity index (χ0v) is 6.49. The summed E-state index contributed by atoms with van der Waals surface area (Å²) in [5.74, 6) is 0. The van der Waals surface area contributed by atoms with Crippen LogP contribution in [0.15, 0.2) is 24.5 Å². The molecule has 2 rings (SSSR count). The molecule has 0 saturated carbocycles. The monoisotopic (exact) mass is 146 g/mol. The summed E-state index contributed by atoms with van der Waals surface area (Å²) in [6, 6.07) is 4.06. The van der Waals surface area contributed by atoms with Gasteiger partial charge in [0, 0.05) is 13.2 Å². The number of aromatic nitrogens is 1. The third-order valence-corrected chi connectivity index (χ3v) is 1.83. The molecule has 0 aliphatic carbocycles. The normalized spacial score (nSPS) is 14.8. The van der Waals surface area contributed by atoms with Gasteiger partial charge < -0.3 is 4.90 Å². The van der Waals surface area contributed by atoms with Gasteiger partial charge in [-0.1, -0.05) is 6.07 Å². The Morgan fingerprint density at radius 2 is 2.45 bits per heavy atom. The number of nitrogens with zero attached hydrogens (tertiary/aromatic N) is 2. The molecule has 56 valence electrons. The quantitative estimate of drug-likeness (QED) is 0.551. The zero-order valence-electron chi connectivity index (χ0n) is 6.49. The minimum atomic E-state index is 0.923. The van der Waals surface area contributed by atoms with E-state index in [1.165, 1.54) is 5.56 Å². The highest BCUT2D eigenvalue weighted by Crippen LogP contribution is 2.14. The molecule has 1 aromatic heterocycles. The Balaban J connectivity index is 2.46. The van der Waals surface area contributed by atoms with Crippen LogP contribution in [-0.4, -0.2) is 16.9 Å². The van der Waals surface area contributed by atoms with Gasteiger partial charge in [0.25, 0.3) is 0 Å². The highest BCUT2D eigenvalue weighted by Gasteiger charge is 2.06. The Morgan fingerprint density at radius 1 is 1.55 bits per heavy atom. The van der Waals surface area contributed by atoms with E-state index < -0.39 is 0 Å². The van der Waals surface area contributed by atoms with E-state index in [2.05, 4.69) is 28.2 Å². The molecule has 1 aliphatic rings. The fourth-order valence-electron chi connectivity index (χ4n) is 1.23. The number of rotatable bonds is 0. The summed E-state index contributed by atoms with van der Waals surface area (Å²) >= 11 is 0. The van der Waals surface area contributed by atoms with E-state index in [1.807, 2.05) is 19.3 Å². The summed E-state index contributed by atoms with van der Waals surface area (Å²) < 4.78 is 0. The number of hydrogen-bond acceptors (Lipinski definition) is 2. The molecule has 11 heavy (non-hydrogen) atoms. The molecule has 0 saturated heterocycles. The third kappa shape index (κ3) is 1.11. The van der Waals surface area contributed by atoms with Crippen molar-refractivity contribution in [1.82, 2.24) is 9.88 Å². The van der Waals surface area contributed by atoms with E-state index in [9.17, 15) is 0 Å². The molecule has 2 heteroatoms. The molecule has 0 spiro atoms. The molecule has 2 nitrogen and oxygen atoms in total. The molecule has 0 unspecified atom stereocenters. The van der Waals surface area contributed by atoms with Gasteiger partial charge in [0.15, 0.2) is 0 Å². The predicted molar refractivity (Wildman–Crippen MR) is 44.7 cm³/mol. The Labute approximate surface area is 66.2 Å². The summed E-state index contributed by atoms with van der Waals surface area (Å²) in [5, 5.41) is 0. The van der Waals surface area contributed by atoms with Crippen molar-refractivity contribution in [3.63, 3.8) is 0 Å². The molecule has 0 atom stereocenters. The Hall–Kier alpha value is -1.31. The molecular formula is C9H10N2. The lowest BCUT2D eigenvalue weighted by Gasteiger charge is -2.18. The van der Waals surface area contributed by atoms with Crippen molar-refractivity contribution in [1.29, 1.82) is 0 Å². The van der Waals surface area contributed by atoms with Gasteiger partial charge in [-0.05, 0) is 23.9 Å². The van der Waals surface area contributed by atoms with Gasteiger partial charge in [0.2, 0.25) is 0 Å². The standard InChI is InChI=1S/C9H10N2/c1-11-6-4-8-3-2-5-10-9(8)7-11/h2-6H,7H2,1H3. The lowest BCUT2D eigenvalue weighted by molar-refractivity contribution is 0.440. The summed E-state index contributed by atoms with van der Waals surface area (Å²) in [5.41, 5.74) is 2.41. The smallest absolute Gasteiger partial charge is 0.0669 e. The third-order valence-electron chi connectivity index (χ3n) is 1.83. The van der Waals surface area contributed by atoms with Gasteiger partial charge in [0.05, 0.1) is 12.2 Å². The van der Waals surface area contributed by atoms with Crippen LogP contribution >= 0.6 is 0 Å². The van der Waals surface area contributed by atoms with Crippen LogP contribution in [-0.2, 0) is 6.54 Å². The first kappa shape index (κ1) is 6.40. The Kier molecular flexibility index (Phi) is 1.39. The maximum Gasteiger partial charge on any atom is 0.0669 e. The Morgan fingerprint density at radius 3 is 3.36 bits per heavy atom. The van der Waals surface area contributed by atoms with Crippen LogP contribution in [0.5, 0.6) is 0 Å². The largest absolute Gasteiger partial charge is 0.374 e. The topological polar surface area (TPSA) is 16.1 Å². The van der Waals surface area contributed by atoms with Crippen molar-refractivity contribution in [3.05, 3.63) is 35.8 Å². The number of pyridine rings is 1. The molecule has 2 heterocycles. The van der Waals surface area contributed by atoms with Crippen LogP contribution in [0.2, 0.25) is 0 Å². The minimum Gasteiger partial charge on any atom is -0.374 e. The van der Waals surface area contributed by atoms with Gasteiger partial charge >= 0.3 is 0 Å². The van der Waals surface area contributed by atoms with E-state index in [1.54, 1.807) is 0 Å². The Bertz CT molecular complexity index is 291. The molecule has 0 amide bonds. The van der Waals surface area contributed by atoms with E-state index in [0.29, 0.717) is 0 Å². The SMILES string of the molecule is CN1C=Cc2cccnc2C1. The molecule has 0 N–H and O–H groups in total. The van der Waals surface area contributed by atoms with Gasteiger partial charge in [-0.3, -0.25) is 4.98 Å². The molecule has 1 aliphatic heterocycles. The molecular weight excluding hydrogens is 136 g/mol. The van der Waals surface area contributed by atoms with Crippen molar-refractivity contribution in [2.45, 2.75) is 6.54 Å². The molecule has 1 aromatic rings. The van der Waals surface area contributed by atoms with Gasteiger partial charge in [-0.25, -0.2) is 0 Å². The van der Waals surface area contributed by atoms with Crippen molar-refractivity contribution in [3.8, 4) is 0 Å². The van der Waals surface area contributed by atoms with Gasteiger partial charge in [-0.2, -0.15) is 0 Å². The van der Waals surface area contributed by atoms with Crippen molar-refractivity contribution < 1.29 is 0 Å². The number of hydrogen-bond donors (Lipinski definition) is 0. The number of fused-ring (bicyclic) bond motifs is 1. The highest BCUT2D eigenvalue weighted by atomic mass is 15.1. The van der Waals surface area contributed by atoms with E-state index in [-0.39, 0.29) is 0 Å². The second-order valence-electron chi connectivity index (χ2n) is 2.77. The first-order valence-electron chi connectivity index (χ1n) is 3.68. The second kappa shape index (κ2) is 2.38. The van der Waals surface area contributed by atoms with Crippen LogP contribution in [0.3, 0.4) is 0 Å². The summed E-state index contributed by atoms with van der Waals surface area (Å²) in [6.45, 7) is 0.923. The summed E-state index contributed by atoms with van der Waals surface area (Å²) in [7, 11) is 2.05. The zero-order chi connectivity index (χ0) is 7.68. The van der Waals surface area contributed by atoms with Gasteiger partial charge in [-0.15, -0.1) is 0 Å². The van der Waals surface area contributed by atoms with E-state index >= 15 is 0 Å². The van der Waals surface area contributed by atoms with Gasteiger partial charge in [0.1, 0.15) is 0 Å². The van der Waals surface area contributed by atoms with E-state index in [4.69, 9.17) is 0 Å². The van der Waals surface area contributed by atoms with Crippen molar-refractivity contribution in [2.75, 3.05) is 7.05 Å². The van der Waals surface area contributed by atoms with Crippen LogP contribution in [0.1, 0.15) is 11.3 Å². The average molecular weight is 146 g/mol. The van der Waals surface area contributed by atoms with Crippen molar-refractivity contribution in [2.24, 2.45) is 0 Å². The van der Waals surface area contributed by atoms with E-state index in [0.717, 1.165) is 12.2 Å². The van der Waals surface area contributed by atoms with Crippen LogP contribution in [0.25, 0.3) is 6.08 Å². The molecule has 0 radical (unpaired) electrons. The molecule has 0 aromatic carbocycles.